The van der Waals surface area contributed by atoms with Gasteiger partial charge in [0.2, 0.25) is 0 Å². The van der Waals surface area contributed by atoms with Crippen molar-refractivity contribution in [3.05, 3.63) is 34.9 Å². The normalized spacial score (nSPS) is 10.0. The van der Waals surface area contributed by atoms with Crippen LogP contribution in [0.5, 0.6) is 0 Å². The highest BCUT2D eigenvalue weighted by Gasteiger charge is 2.15. The van der Waals surface area contributed by atoms with Crippen LogP contribution in [0.25, 0.3) is 0 Å². The van der Waals surface area contributed by atoms with Gasteiger partial charge in [0.15, 0.2) is 11.6 Å². The maximum Gasteiger partial charge on any atom is 0.338 e. The lowest BCUT2D eigenvalue weighted by Crippen LogP contribution is -2.06. The predicted molar refractivity (Wildman–Crippen MR) is 50.3 cm³/mol. The van der Waals surface area contributed by atoms with Crippen molar-refractivity contribution in [2.75, 3.05) is 7.11 Å². The van der Waals surface area contributed by atoms with Gasteiger partial charge in [-0.05, 0) is 17.7 Å². The first-order chi connectivity index (χ1) is 6.60. The molecule has 0 N–H and O–H groups in total. The summed E-state index contributed by atoms with van der Waals surface area (Å²) in [5.74, 6) is -2.72. The molecule has 0 atom stereocenters. The summed E-state index contributed by atoms with van der Waals surface area (Å²) >= 11 is 3.07. The topological polar surface area (TPSA) is 26.3 Å². The van der Waals surface area contributed by atoms with Gasteiger partial charge in [-0.3, -0.25) is 0 Å². The monoisotopic (exact) mass is 264 g/mol. The van der Waals surface area contributed by atoms with Crippen molar-refractivity contribution in [2.24, 2.45) is 0 Å². The number of alkyl halides is 1. The summed E-state index contributed by atoms with van der Waals surface area (Å²) in [4.78, 5) is 11.1. The molecule has 0 aliphatic rings. The molecule has 0 aromatic heterocycles. The van der Waals surface area contributed by atoms with Crippen molar-refractivity contribution < 1.29 is 18.3 Å². The number of esters is 1. The fraction of sp³-hybridized carbons (Fsp3) is 0.222. The van der Waals surface area contributed by atoms with E-state index in [0.29, 0.717) is 5.56 Å². The lowest BCUT2D eigenvalue weighted by atomic mass is 10.1. The van der Waals surface area contributed by atoms with Crippen LogP contribution in [-0.2, 0) is 10.1 Å². The van der Waals surface area contributed by atoms with Gasteiger partial charge < -0.3 is 4.74 Å². The van der Waals surface area contributed by atoms with Crippen molar-refractivity contribution in [1.29, 1.82) is 0 Å². The number of benzene rings is 1. The van der Waals surface area contributed by atoms with Gasteiger partial charge in [-0.25, -0.2) is 13.6 Å². The average molecular weight is 265 g/mol. The van der Waals surface area contributed by atoms with E-state index in [4.69, 9.17) is 0 Å². The molecule has 0 saturated carbocycles. The summed E-state index contributed by atoms with van der Waals surface area (Å²) in [6, 6.07) is 1.80. The van der Waals surface area contributed by atoms with Crippen molar-refractivity contribution in [3.63, 3.8) is 0 Å². The summed E-state index contributed by atoms with van der Waals surface area (Å²) in [5, 5.41) is 0.259. The third kappa shape index (κ3) is 2.09. The fourth-order valence-electron chi connectivity index (χ4n) is 0.999. The molecule has 14 heavy (non-hydrogen) atoms. The average Bonchev–Trinajstić information content (AvgIpc) is 2.20. The van der Waals surface area contributed by atoms with E-state index >= 15 is 0 Å². The number of hydrogen-bond acceptors (Lipinski definition) is 2. The first-order valence-corrected chi connectivity index (χ1v) is 4.84. The number of methoxy groups -OCH3 is 1. The summed E-state index contributed by atoms with van der Waals surface area (Å²) < 4.78 is 30.0. The predicted octanol–water partition coefficient (Wildman–Crippen LogP) is 2.65. The summed E-state index contributed by atoms with van der Waals surface area (Å²) in [5.41, 5.74) is 0.388. The zero-order valence-corrected chi connectivity index (χ0v) is 8.90. The Bertz CT molecular complexity index is 366. The maximum atomic E-state index is 12.8. The number of rotatable bonds is 2. The van der Waals surface area contributed by atoms with Gasteiger partial charge in [-0.2, -0.15) is 0 Å². The Morgan fingerprint density at radius 3 is 2.50 bits per heavy atom. The van der Waals surface area contributed by atoms with Crippen LogP contribution in [0.15, 0.2) is 12.1 Å². The number of carbonyl (C=O) groups excluding carboxylic acids is 1. The number of carbonyl (C=O) groups is 1. The zero-order chi connectivity index (χ0) is 10.7. The minimum atomic E-state index is -1.06. The number of hydrogen-bond donors (Lipinski definition) is 0. The Balaban J connectivity index is 3.27. The van der Waals surface area contributed by atoms with Crippen molar-refractivity contribution in [1.82, 2.24) is 0 Å². The van der Waals surface area contributed by atoms with Crippen LogP contribution in [0.3, 0.4) is 0 Å². The molecular formula is C9H7BrF2O2. The highest BCUT2D eigenvalue weighted by Crippen LogP contribution is 2.18. The highest BCUT2D eigenvalue weighted by atomic mass is 79.9. The van der Waals surface area contributed by atoms with Crippen LogP contribution in [0, 0.1) is 11.6 Å². The second-order valence-corrected chi connectivity index (χ2v) is 3.11. The van der Waals surface area contributed by atoms with Crippen LogP contribution in [0.2, 0.25) is 0 Å². The van der Waals surface area contributed by atoms with Crippen molar-refractivity contribution in [2.45, 2.75) is 5.33 Å². The molecular weight excluding hydrogens is 258 g/mol. The van der Waals surface area contributed by atoms with Crippen LogP contribution >= 0.6 is 15.9 Å². The molecule has 0 radical (unpaired) electrons. The second-order valence-electron chi connectivity index (χ2n) is 2.55. The maximum absolute atomic E-state index is 12.8. The molecule has 1 aromatic rings. The Kier molecular flexibility index (Phi) is 3.57. The number of ether oxygens (including phenoxy) is 1. The molecule has 0 amide bonds. The third-order valence-corrected chi connectivity index (χ3v) is 2.30. The quantitative estimate of drug-likeness (QED) is 0.607. The van der Waals surface area contributed by atoms with E-state index in [2.05, 4.69) is 20.7 Å². The lowest BCUT2D eigenvalue weighted by Gasteiger charge is -2.05. The van der Waals surface area contributed by atoms with Gasteiger partial charge in [-0.15, -0.1) is 0 Å². The van der Waals surface area contributed by atoms with E-state index in [1.807, 2.05) is 0 Å². The Morgan fingerprint density at radius 2 is 2.00 bits per heavy atom. The molecule has 0 aliphatic carbocycles. The minimum absolute atomic E-state index is 0.0308. The number of halogens is 3. The standard InChI is InChI=1S/C9H7BrF2O2/c1-14-9(13)6-3-8(12)7(11)2-5(6)4-10/h2-3H,4H2,1H3. The molecule has 5 heteroatoms. The van der Waals surface area contributed by atoms with E-state index in [9.17, 15) is 13.6 Å². The molecule has 0 aliphatic heterocycles. The molecule has 0 saturated heterocycles. The third-order valence-electron chi connectivity index (χ3n) is 1.70. The van der Waals surface area contributed by atoms with Crippen LogP contribution in [-0.4, -0.2) is 13.1 Å². The van der Waals surface area contributed by atoms with Crippen LogP contribution < -0.4 is 0 Å². The second kappa shape index (κ2) is 4.50. The smallest absolute Gasteiger partial charge is 0.338 e. The fourth-order valence-corrected chi connectivity index (χ4v) is 1.46. The molecule has 1 rings (SSSR count). The first kappa shape index (κ1) is 11.1. The molecule has 76 valence electrons. The zero-order valence-electron chi connectivity index (χ0n) is 7.31. The van der Waals surface area contributed by atoms with E-state index < -0.39 is 17.6 Å². The SMILES string of the molecule is COC(=O)c1cc(F)c(F)cc1CBr. The van der Waals surface area contributed by atoms with Gasteiger partial charge >= 0.3 is 5.97 Å². The van der Waals surface area contributed by atoms with E-state index in [1.165, 1.54) is 7.11 Å². The van der Waals surface area contributed by atoms with E-state index in [1.54, 1.807) is 0 Å². The summed E-state index contributed by atoms with van der Waals surface area (Å²) in [7, 11) is 1.18. The summed E-state index contributed by atoms with van der Waals surface area (Å²) in [6.07, 6.45) is 0. The molecule has 2 nitrogen and oxygen atoms in total. The largest absolute Gasteiger partial charge is 0.465 e. The van der Waals surface area contributed by atoms with Crippen molar-refractivity contribution in [3.8, 4) is 0 Å². The Morgan fingerprint density at radius 1 is 1.43 bits per heavy atom. The van der Waals surface area contributed by atoms with E-state index in [-0.39, 0.29) is 10.9 Å². The first-order valence-electron chi connectivity index (χ1n) is 3.72. The van der Waals surface area contributed by atoms with Crippen molar-refractivity contribution >= 4 is 21.9 Å². The Hall–Kier alpha value is -0.970. The lowest BCUT2D eigenvalue weighted by molar-refractivity contribution is 0.0599. The van der Waals surface area contributed by atoms with Gasteiger partial charge in [0, 0.05) is 5.33 Å². The summed E-state index contributed by atoms with van der Waals surface area (Å²) in [6.45, 7) is 0. The highest BCUT2D eigenvalue weighted by molar-refractivity contribution is 9.08. The molecule has 0 bridgehead atoms. The molecule has 0 heterocycles. The van der Waals surface area contributed by atoms with E-state index in [0.717, 1.165) is 12.1 Å². The molecule has 0 spiro atoms. The molecule has 0 unspecified atom stereocenters. The minimum Gasteiger partial charge on any atom is -0.465 e. The molecule has 0 fully saturated rings. The van der Waals surface area contributed by atoms with Gasteiger partial charge in [0.25, 0.3) is 0 Å². The Labute approximate surface area is 88.0 Å². The van der Waals surface area contributed by atoms with Crippen LogP contribution in [0.4, 0.5) is 8.78 Å². The van der Waals surface area contributed by atoms with Crippen LogP contribution in [0.1, 0.15) is 15.9 Å². The van der Waals surface area contributed by atoms with Gasteiger partial charge in [-0.1, -0.05) is 15.9 Å². The molecule has 1 aromatic carbocycles. The van der Waals surface area contributed by atoms with Gasteiger partial charge in [0.1, 0.15) is 0 Å². The van der Waals surface area contributed by atoms with Gasteiger partial charge in [0.05, 0.1) is 12.7 Å².